The Morgan fingerprint density at radius 1 is 1.10 bits per heavy atom. The van der Waals surface area contributed by atoms with Crippen LogP contribution in [-0.4, -0.2) is 24.5 Å². The quantitative estimate of drug-likeness (QED) is 0.887. The van der Waals surface area contributed by atoms with Crippen molar-refractivity contribution in [2.75, 3.05) is 13.6 Å². The minimum Gasteiger partial charge on any atom is -0.329 e. The molecule has 20 heavy (non-hydrogen) atoms. The number of halogens is 2. The van der Waals surface area contributed by atoms with E-state index in [1.165, 1.54) is 44.2 Å². The van der Waals surface area contributed by atoms with Gasteiger partial charge in [-0.1, -0.05) is 43.5 Å². The standard InChI is InChI=1S/C16H24F2N2/c1-20(14-5-3-2-4-6-14)15(11-19)12-7-9-13(10-8-12)16(17)18/h7-10,14-16H,2-6,11,19H2,1H3. The van der Waals surface area contributed by atoms with Crippen molar-refractivity contribution in [1.29, 1.82) is 0 Å². The van der Waals surface area contributed by atoms with E-state index in [4.69, 9.17) is 5.73 Å². The summed E-state index contributed by atoms with van der Waals surface area (Å²) in [4.78, 5) is 2.33. The van der Waals surface area contributed by atoms with Crippen LogP contribution in [-0.2, 0) is 0 Å². The van der Waals surface area contributed by atoms with Crippen LogP contribution in [0.2, 0.25) is 0 Å². The average Bonchev–Trinajstić information content (AvgIpc) is 2.49. The SMILES string of the molecule is CN(C1CCCCC1)C(CN)c1ccc(C(F)F)cc1. The van der Waals surface area contributed by atoms with Crippen molar-refractivity contribution in [3.8, 4) is 0 Å². The van der Waals surface area contributed by atoms with E-state index >= 15 is 0 Å². The second-order valence-corrected chi connectivity index (χ2v) is 5.68. The van der Waals surface area contributed by atoms with Gasteiger partial charge in [0.15, 0.2) is 0 Å². The summed E-state index contributed by atoms with van der Waals surface area (Å²) in [6.45, 7) is 0.515. The first-order chi connectivity index (χ1) is 9.63. The van der Waals surface area contributed by atoms with Crippen molar-refractivity contribution >= 4 is 0 Å². The van der Waals surface area contributed by atoms with Gasteiger partial charge in [0, 0.05) is 24.2 Å². The van der Waals surface area contributed by atoms with Gasteiger partial charge >= 0.3 is 0 Å². The molecular weight excluding hydrogens is 258 g/mol. The van der Waals surface area contributed by atoms with Crippen molar-refractivity contribution < 1.29 is 8.78 Å². The van der Waals surface area contributed by atoms with Crippen molar-refractivity contribution in [2.24, 2.45) is 5.73 Å². The zero-order chi connectivity index (χ0) is 14.5. The summed E-state index contributed by atoms with van der Waals surface area (Å²) < 4.78 is 25.2. The predicted octanol–water partition coefficient (Wildman–Crippen LogP) is 3.89. The van der Waals surface area contributed by atoms with Crippen LogP contribution in [0.25, 0.3) is 0 Å². The Kier molecular flexibility index (Phi) is 5.49. The van der Waals surface area contributed by atoms with Crippen LogP contribution in [0.1, 0.15) is 55.7 Å². The zero-order valence-corrected chi connectivity index (χ0v) is 12.1. The van der Waals surface area contributed by atoms with Crippen LogP contribution >= 0.6 is 0 Å². The van der Waals surface area contributed by atoms with Crippen LogP contribution in [0.3, 0.4) is 0 Å². The number of nitrogens with two attached hydrogens (primary N) is 1. The molecule has 0 saturated heterocycles. The number of rotatable bonds is 5. The lowest BCUT2D eigenvalue weighted by Gasteiger charge is -2.37. The van der Waals surface area contributed by atoms with Crippen LogP contribution in [0.15, 0.2) is 24.3 Å². The van der Waals surface area contributed by atoms with E-state index in [2.05, 4.69) is 11.9 Å². The highest BCUT2D eigenvalue weighted by Gasteiger charge is 2.24. The van der Waals surface area contributed by atoms with Gasteiger partial charge < -0.3 is 5.73 Å². The molecule has 0 radical (unpaired) electrons. The molecule has 1 saturated carbocycles. The van der Waals surface area contributed by atoms with Gasteiger partial charge in [0.05, 0.1) is 0 Å². The fourth-order valence-electron chi connectivity index (χ4n) is 3.14. The highest BCUT2D eigenvalue weighted by molar-refractivity contribution is 5.26. The summed E-state index contributed by atoms with van der Waals surface area (Å²) in [7, 11) is 2.11. The summed E-state index contributed by atoms with van der Waals surface area (Å²) in [6.07, 6.45) is 3.88. The van der Waals surface area contributed by atoms with Crippen LogP contribution in [0.5, 0.6) is 0 Å². The van der Waals surface area contributed by atoms with Gasteiger partial charge in [0.1, 0.15) is 0 Å². The Bertz CT molecular complexity index is 399. The fraction of sp³-hybridized carbons (Fsp3) is 0.625. The van der Waals surface area contributed by atoms with Crippen molar-refractivity contribution in [1.82, 2.24) is 4.90 Å². The van der Waals surface area contributed by atoms with E-state index < -0.39 is 6.43 Å². The molecule has 0 bridgehead atoms. The molecule has 1 fully saturated rings. The number of hydrogen-bond acceptors (Lipinski definition) is 2. The molecule has 0 amide bonds. The van der Waals surface area contributed by atoms with E-state index in [9.17, 15) is 8.78 Å². The number of alkyl halides is 2. The first kappa shape index (κ1) is 15.4. The van der Waals surface area contributed by atoms with E-state index in [0.29, 0.717) is 12.6 Å². The van der Waals surface area contributed by atoms with E-state index in [1.807, 2.05) is 0 Å². The molecule has 0 spiro atoms. The maximum atomic E-state index is 12.6. The molecule has 1 aliphatic carbocycles. The van der Waals surface area contributed by atoms with E-state index in [1.54, 1.807) is 12.1 Å². The summed E-state index contributed by atoms with van der Waals surface area (Å²) in [6, 6.07) is 7.28. The highest BCUT2D eigenvalue weighted by atomic mass is 19.3. The summed E-state index contributed by atoms with van der Waals surface area (Å²) in [5, 5.41) is 0. The first-order valence-corrected chi connectivity index (χ1v) is 7.43. The Balaban J connectivity index is 2.09. The smallest absolute Gasteiger partial charge is 0.263 e. The lowest BCUT2D eigenvalue weighted by Crippen LogP contribution is -2.39. The molecule has 1 aromatic rings. The van der Waals surface area contributed by atoms with Crippen molar-refractivity contribution in [2.45, 2.75) is 50.6 Å². The largest absolute Gasteiger partial charge is 0.329 e. The minimum atomic E-state index is -2.41. The Morgan fingerprint density at radius 2 is 1.65 bits per heavy atom. The first-order valence-electron chi connectivity index (χ1n) is 7.43. The molecule has 1 aliphatic rings. The van der Waals surface area contributed by atoms with Crippen molar-refractivity contribution in [3.05, 3.63) is 35.4 Å². The van der Waals surface area contributed by atoms with Gasteiger partial charge in [-0.15, -0.1) is 0 Å². The molecule has 1 aromatic carbocycles. The lowest BCUT2D eigenvalue weighted by molar-refractivity contribution is 0.140. The molecule has 0 aromatic heterocycles. The Hall–Kier alpha value is -1.00. The fourth-order valence-corrected chi connectivity index (χ4v) is 3.14. The molecule has 112 valence electrons. The third kappa shape index (κ3) is 3.55. The summed E-state index contributed by atoms with van der Waals surface area (Å²) in [5.41, 5.74) is 7.03. The van der Waals surface area contributed by atoms with Crippen LogP contribution in [0.4, 0.5) is 8.78 Å². The van der Waals surface area contributed by atoms with Crippen LogP contribution in [0, 0.1) is 0 Å². The molecule has 1 unspecified atom stereocenters. The van der Waals surface area contributed by atoms with Gasteiger partial charge in [0.25, 0.3) is 6.43 Å². The minimum absolute atomic E-state index is 0.0739. The number of nitrogens with zero attached hydrogens (tertiary/aromatic N) is 1. The van der Waals surface area contributed by atoms with Crippen LogP contribution < -0.4 is 5.73 Å². The zero-order valence-electron chi connectivity index (χ0n) is 12.1. The molecule has 2 nitrogen and oxygen atoms in total. The normalized spacial score (nSPS) is 18.7. The predicted molar refractivity (Wildman–Crippen MR) is 77.8 cm³/mol. The topological polar surface area (TPSA) is 29.3 Å². The number of benzene rings is 1. The van der Waals surface area contributed by atoms with Gasteiger partial charge in [-0.3, -0.25) is 4.90 Å². The third-order valence-electron chi connectivity index (χ3n) is 4.44. The number of likely N-dealkylation sites (N-methyl/N-ethyl adjacent to an activating group) is 1. The molecule has 0 aliphatic heterocycles. The average molecular weight is 282 g/mol. The molecule has 1 atom stereocenters. The molecular formula is C16H24F2N2. The summed E-state index contributed by atoms with van der Waals surface area (Å²) >= 11 is 0. The Morgan fingerprint density at radius 3 is 2.15 bits per heavy atom. The molecule has 0 heterocycles. The van der Waals surface area contributed by atoms with E-state index in [0.717, 1.165) is 5.56 Å². The number of hydrogen-bond donors (Lipinski definition) is 1. The second-order valence-electron chi connectivity index (χ2n) is 5.68. The third-order valence-corrected chi connectivity index (χ3v) is 4.44. The van der Waals surface area contributed by atoms with Gasteiger partial charge in [-0.2, -0.15) is 0 Å². The molecule has 4 heteroatoms. The van der Waals surface area contributed by atoms with Gasteiger partial charge in [0.2, 0.25) is 0 Å². The Labute approximate surface area is 120 Å². The molecule has 2 rings (SSSR count). The van der Waals surface area contributed by atoms with E-state index in [-0.39, 0.29) is 11.6 Å². The maximum absolute atomic E-state index is 12.6. The van der Waals surface area contributed by atoms with Gasteiger partial charge in [-0.05, 0) is 25.5 Å². The monoisotopic (exact) mass is 282 g/mol. The summed E-state index contributed by atoms with van der Waals surface area (Å²) in [5.74, 6) is 0. The lowest BCUT2D eigenvalue weighted by atomic mass is 9.92. The maximum Gasteiger partial charge on any atom is 0.263 e. The van der Waals surface area contributed by atoms with Gasteiger partial charge in [-0.25, -0.2) is 8.78 Å². The highest BCUT2D eigenvalue weighted by Crippen LogP contribution is 2.29. The van der Waals surface area contributed by atoms with Crippen molar-refractivity contribution in [3.63, 3.8) is 0 Å². The molecule has 2 N–H and O–H groups in total. The second kappa shape index (κ2) is 7.14.